The number of fused-ring (bicyclic) bond motifs is 1. The number of benzene rings is 1. The summed E-state index contributed by atoms with van der Waals surface area (Å²) >= 11 is 3.41. The number of hydrogen-bond donors (Lipinski definition) is 3. The summed E-state index contributed by atoms with van der Waals surface area (Å²) in [7, 11) is 5.13. The second-order valence-electron chi connectivity index (χ2n) is 9.83. The SMILES string of the molecule is C#Cc1cc(Nc2ncnc3cnc(NC(=O)/C=C/C[N+](C)(C)Cc4c([N+](=O)[O-])nc(C(N)=O)n4C)cc23)ccc1Br.[Br-]. The van der Waals surface area contributed by atoms with E-state index < -0.39 is 22.6 Å². The molecule has 0 fully saturated rings. The molecule has 16 heteroatoms. The first-order valence-electron chi connectivity index (χ1n) is 12.3. The van der Waals surface area contributed by atoms with Crippen LogP contribution in [-0.2, 0) is 18.4 Å². The Balaban J connectivity index is 0.00000506. The predicted octanol–water partition coefficient (Wildman–Crippen LogP) is 0.0281. The van der Waals surface area contributed by atoms with E-state index in [4.69, 9.17) is 12.2 Å². The molecule has 0 radical (unpaired) electrons. The van der Waals surface area contributed by atoms with Gasteiger partial charge in [-0.25, -0.2) is 15.0 Å². The number of rotatable bonds is 10. The molecule has 43 heavy (non-hydrogen) atoms. The molecule has 2 amide bonds. The molecule has 3 aromatic heterocycles. The fourth-order valence-electron chi connectivity index (χ4n) is 4.12. The van der Waals surface area contributed by atoms with Crippen molar-refractivity contribution in [2.45, 2.75) is 6.54 Å². The molecule has 0 saturated heterocycles. The number of aromatic nitrogens is 5. The van der Waals surface area contributed by atoms with Crippen LogP contribution in [0.1, 0.15) is 21.9 Å². The molecular formula is C27H26Br2N10O4. The Kier molecular flexibility index (Phi) is 10.3. The Morgan fingerprint density at radius 2 is 2.00 bits per heavy atom. The van der Waals surface area contributed by atoms with E-state index in [0.717, 1.165) is 10.2 Å². The number of primary amides is 1. The van der Waals surface area contributed by atoms with Crippen LogP contribution in [0.25, 0.3) is 10.9 Å². The Bertz CT molecular complexity index is 1800. The van der Waals surface area contributed by atoms with E-state index >= 15 is 0 Å². The van der Waals surface area contributed by atoms with Crippen molar-refractivity contribution in [3.63, 3.8) is 0 Å². The summed E-state index contributed by atoms with van der Waals surface area (Å²) in [6.07, 6.45) is 11.5. The summed E-state index contributed by atoms with van der Waals surface area (Å²) in [6.45, 7) is 0.490. The third-order valence-electron chi connectivity index (χ3n) is 6.19. The first-order valence-corrected chi connectivity index (χ1v) is 13.1. The summed E-state index contributed by atoms with van der Waals surface area (Å²) in [6, 6.07) is 7.13. The molecule has 0 bridgehead atoms. The number of amides is 2. The lowest BCUT2D eigenvalue weighted by Gasteiger charge is -2.28. The second kappa shape index (κ2) is 13.5. The van der Waals surface area contributed by atoms with Gasteiger partial charge in [0.25, 0.3) is 0 Å². The van der Waals surface area contributed by atoms with E-state index in [0.29, 0.717) is 28.8 Å². The normalized spacial score (nSPS) is 11.1. The third kappa shape index (κ3) is 7.77. The Morgan fingerprint density at radius 1 is 1.26 bits per heavy atom. The molecule has 4 N–H and O–H groups in total. The molecule has 4 rings (SSSR count). The first kappa shape index (κ1) is 32.8. The predicted molar refractivity (Wildman–Crippen MR) is 160 cm³/mol. The molecule has 222 valence electrons. The summed E-state index contributed by atoms with van der Waals surface area (Å²) in [5.74, 6) is 1.47. The van der Waals surface area contributed by atoms with Crippen molar-refractivity contribution in [3.05, 3.63) is 80.6 Å². The molecule has 0 aliphatic rings. The zero-order valence-electron chi connectivity index (χ0n) is 23.2. The highest BCUT2D eigenvalue weighted by atomic mass is 79.9. The van der Waals surface area contributed by atoms with E-state index in [1.807, 2.05) is 26.2 Å². The molecular weight excluding hydrogens is 688 g/mol. The number of pyridine rings is 1. The number of hydrogen-bond acceptors (Lipinski definition) is 9. The van der Waals surface area contributed by atoms with Crippen LogP contribution in [0.2, 0.25) is 0 Å². The molecule has 4 aromatic rings. The average Bonchev–Trinajstić information content (AvgIpc) is 3.25. The number of anilines is 3. The minimum atomic E-state index is -0.864. The number of likely N-dealkylation sites (N-methyl/N-ethyl adjacent to an activating group) is 1. The Morgan fingerprint density at radius 3 is 2.67 bits per heavy atom. The standard InChI is InChI=1S/C27H25BrN10O4.BrH/c1-5-16-11-17(8-9-19(16)28)33-25-18-12-22(30-13-20(18)31-15-32-25)34-23(39)7-6-10-38(3,4)14-21-26(37(41)42)35-27(24(29)40)36(21)2;/h1,6-9,11-13,15H,10,14H2,2-4H3,(H3-,29,30,31,32,33,34,35,39,40);1H/b7-6+;. The van der Waals surface area contributed by atoms with Crippen molar-refractivity contribution in [3.8, 4) is 12.3 Å². The molecule has 0 atom stereocenters. The van der Waals surface area contributed by atoms with Crippen molar-refractivity contribution < 1.29 is 36.0 Å². The summed E-state index contributed by atoms with van der Waals surface area (Å²) in [4.78, 5) is 51.7. The number of carbonyl (C=O) groups is 2. The van der Waals surface area contributed by atoms with E-state index in [9.17, 15) is 19.7 Å². The van der Waals surface area contributed by atoms with Gasteiger partial charge < -0.3 is 47.9 Å². The minimum Gasteiger partial charge on any atom is -1.00 e. The largest absolute Gasteiger partial charge is 1.00 e. The van der Waals surface area contributed by atoms with Crippen molar-refractivity contribution in [1.29, 1.82) is 0 Å². The van der Waals surface area contributed by atoms with E-state index in [-0.39, 0.29) is 45.3 Å². The highest BCUT2D eigenvalue weighted by molar-refractivity contribution is 9.10. The minimum absolute atomic E-state index is 0. The van der Waals surface area contributed by atoms with Gasteiger partial charge in [0.2, 0.25) is 5.91 Å². The van der Waals surface area contributed by atoms with Crippen LogP contribution >= 0.6 is 15.9 Å². The number of nitrogens with zero attached hydrogens (tertiary/aromatic N) is 7. The van der Waals surface area contributed by atoms with Gasteiger partial charge in [0.05, 0.1) is 32.4 Å². The topological polar surface area (TPSA) is 184 Å². The quantitative estimate of drug-likeness (QED) is 0.0671. The maximum absolute atomic E-state index is 12.7. The van der Waals surface area contributed by atoms with Gasteiger partial charge in [-0.2, -0.15) is 0 Å². The lowest BCUT2D eigenvalue weighted by atomic mass is 10.2. The third-order valence-corrected chi connectivity index (χ3v) is 6.88. The molecule has 3 heterocycles. The molecule has 0 aliphatic heterocycles. The van der Waals surface area contributed by atoms with Crippen molar-refractivity contribution in [2.24, 2.45) is 12.8 Å². The highest BCUT2D eigenvalue weighted by Crippen LogP contribution is 2.27. The van der Waals surface area contributed by atoms with Crippen LogP contribution < -0.4 is 33.3 Å². The molecule has 1 aromatic carbocycles. The van der Waals surface area contributed by atoms with Gasteiger partial charge in [-0.05, 0) is 56.2 Å². The lowest BCUT2D eigenvalue weighted by Crippen LogP contribution is -3.00. The van der Waals surface area contributed by atoms with Gasteiger partial charge in [-0.3, -0.25) is 14.2 Å². The van der Waals surface area contributed by atoms with Crippen molar-refractivity contribution in [1.82, 2.24) is 24.5 Å². The molecule has 0 aliphatic carbocycles. The van der Waals surface area contributed by atoms with Gasteiger partial charge in [0.1, 0.15) is 24.5 Å². The number of nitro groups is 1. The number of carbonyl (C=O) groups excluding carboxylic acids is 2. The van der Waals surface area contributed by atoms with Crippen molar-refractivity contribution >= 4 is 61.8 Å². The van der Waals surface area contributed by atoms with E-state index in [2.05, 4.69) is 52.4 Å². The van der Waals surface area contributed by atoms with E-state index in [1.54, 1.807) is 18.2 Å². The first-order chi connectivity index (χ1) is 19.9. The number of quaternary nitrogens is 1. The maximum atomic E-state index is 12.7. The fraction of sp³-hybridized carbons (Fsp3) is 0.185. The molecule has 0 unspecified atom stereocenters. The fourth-order valence-corrected chi connectivity index (χ4v) is 4.48. The zero-order chi connectivity index (χ0) is 30.6. The smallest absolute Gasteiger partial charge is 0.391 e. The lowest BCUT2D eigenvalue weighted by molar-refractivity contribution is -0.898. The monoisotopic (exact) mass is 712 g/mol. The Labute approximate surface area is 265 Å². The van der Waals surface area contributed by atoms with Gasteiger partial charge in [-0.15, -0.1) is 6.42 Å². The van der Waals surface area contributed by atoms with Gasteiger partial charge in [0.15, 0.2) is 5.69 Å². The van der Waals surface area contributed by atoms with Crippen LogP contribution in [-0.4, -0.2) is 66.4 Å². The van der Waals surface area contributed by atoms with Gasteiger partial charge in [0, 0.05) is 34.2 Å². The summed E-state index contributed by atoms with van der Waals surface area (Å²) in [5, 5.41) is 18.1. The number of terminal acetylenes is 1. The highest BCUT2D eigenvalue weighted by Gasteiger charge is 2.32. The van der Waals surface area contributed by atoms with Gasteiger partial charge in [-0.1, -0.05) is 5.92 Å². The van der Waals surface area contributed by atoms with Crippen LogP contribution in [0.4, 0.5) is 23.1 Å². The maximum Gasteiger partial charge on any atom is 0.391 e. The number of nitrogens with one attached hydrogen (secondary N) is 2. The second-order valence-corrected chi connectivity index (χ2v) is 10.7. The summed E-state index contributed by atoms with van der Waals surface area (Å²) in [5.41, 5.74) is 7.50. The Hall–Kier alpha value is -4.72. The van der Waals surface area contributed by atoms with E-state index in [1.165, 1.54) is 30.2 Å². The van der Waals surface area contributed by atoms with Crippen LogP contribution in [0.15, 0.2) is 53.4 Å². The molecule has 0 spiro atoms. The average molecular weight is 714 g/mol. The van der Waals surface area contributed by atoms with Crippen molar-refractivity contribution in [2.75, 3.05) is 31.3 Å². The number of imidazole rings is 1. The van der Waals surface area contributed by atoms with Crippen LogP contribution in [0.3, 0.4) is 0 Å². The van der Waals surface area contributed by atoms with Crippen LogP contribution in [0.5, 0.6) is 0 Å². The zero-order valence-corrected chi connectivity index (χ0v) is 26.4. The summed E-state index contributed by atoms with van der Waals surface area (Å²) < 4.78 is 2.34. The number of halogens is 2. The van der Waals surface area contributed by atoms with Crippen LogP contribution in [0, 0.1) is 22.5 Å². The number of nitrogens with two attached hydrogens (primary N) is 1. The van der Waals surface area contributed by atoms with Gasteiger partial charge >= 0.3 is 17.5 Å². The molecule has 14 nitrogen and oxygen atoms in total. The molecule has 0 saturated carbocycles.